The van der Waals surface area contributed by atoms with Crippen molar-refractivity contribution in [2.24, 2.45) is 0 Å². The highest BCUT2D eigenvalue weighted by Crippen LogP contribution is 2.64. The Bertz CT molecular complexity index is 1980. The number of benzene rings is 3. The van der Waals surface area contributed by atoms with Crippen LogP contribution in [0.4, 0.5) is 0 Å². The minimum absolute atomic E-state index is 0.898. The van der Waals surface area contributed by atoms with Crippen LogP contribution in [0.15, 0.2) is 99.8 Å². The van der Waals surface area contributed by atoms with E-state index < -0.39 is 0 Å². The normalized spacial score (nSPS) is 15.0. The Labute approximate surface area is 281 Å². The van der Waals surface area contributed by atoms with Gasteiger partial charge in [0.1, 0.15) is 0 Å². The number of aromatic nitrogens is 4. The molecule has 6 aromatic rings. The highest BCUT2D eigenvalue weighted by molar-refractivity contribution is 8.42. The molecule has 0 bridgehead atoms. The number of hydrogen-bond donors (Lipinski definition) is 2. The number of nitrogens with one attached hydrogen (secondary N) is 2. The lowest BCUT2D eigenvalue weighted by atomic mass is 10.0. The zero-order valence-corrected chi connectivity index (χ0v) is 29.0. The minimum atomic E-state index is 0.898. The third-order valence-electron chi connectivity index (χ3n) is 7.40. The molecule has 0 saturated heterocycles. The second-order valence-electron chi connectivity index (χ2n) is 10.5. The van der Waals surface area contributed by atoms with Gasteiger partial charge < -0.3 is 9.97 Å². The minimum Gasteiger partial charge on any atom is -0.360 e. The van der Waals surface area contributed by atoms with Crippen molar-refractivity contribution in [1.29, 1.82) is 0 Å². The largest absolute Gasteiger partial charge is 0.360 e. The maximum absolute atomic E-state index is 5.36. The van der Waals surface area contributed by atoms with Gasteiger partial charge in [0.15, 0.2) is 0 Å². The van der Waals surface area contributed by atoms with E-state index in [4.69, 9.17) is 9.97 Å². The van der Waals surface area contributed by atoms with E-state index in [-0.39, 0.29) is 0 Å². The first kappa shape index (κ1) is 29.1. The maximum atomic E-state index is 5.36. The van der Waals surface area contributed by atoms with E-state index in [0.29, 0.717) is 0 Å². The summed E-state index contributed by atoms with van der Waals surface area (Å²) >= 11 is 11.7. The van der Waals surface area contributed by atoms with Crippen molar-refractivity contribution in [1.82, 2.24) is 19.9 Å². The molecule has 0 aliphatic carbocycles. The summed E-state index contributed by atoms with van der Waals surface area (Å²) < 4.78 is 5.75. The predicted molar refractivity (Wildman–Crippen MR) is 201 cm³/mol. The number of fused-ring (bicyclic) bond motifs is 4. The first-order valence-corrected chi connectivity index (χ1v) is 19.9. The topological polar surface area (TPSA) is 57.4 Å². The molecular formula is C34H28N4S6. The van der Waals surface area contributed by atoms with E-state index in [1.54, 1.807) is 0 Å². The van der Waals surface area contributed by atoms with Crippen LogP contribution in [0.1, 0.15) is 26.7 Å². The number of rotatable bonds is 8. The molecule has 44 heavy (non-hydrogen) atoms. The van der Waals surface area contributed by atoms with Gasteiger partial charge in [0, 0.05) is 55.1 Å². The van der Waals surface area contributed by atoms with E-state index in [2.05, 4.69) is 96.9 Å². The lowest BCUT2D eigenvalue weighted by molar-refractivity contribution is 1.11. The van der Waals surface area contributed by atoms with Crippen molar-refractivity contribution >= 4 is 103 Å². The molecule has 0 saturated carbocycles. The van der Waals surface area contributed by atoms with Gasteiger partial charge >= 0.3 is 0 Å². The van der Waals surface area contributed by atoms with Gasteiger partial charge in [-0.15, -0.1) is 23.5 Å². The Morgan fingerprint density at radius 2 is 1.07 bits per heavy atom. The maximum Gasteiger partial charge on any atom is 0.0995 e. The van der Waals surface area contributed by atoms with Gasteiger partial charge in [-0.2, -0.15) is 0 Å². The van der Waals surface area contributed by atoms with Crippen molar-refractivity contribution in [3.8, 4) is 22.5 Å². The highest BCUT2D eigenvalue weighted by Gasteiger charge is 2.30. The third-order valence-corrected chi connectivity index (χ3v) is 16.4. The Morgan fingerprint density at radius 3 is 1.55 bits per heavy atom. The summed E-state index contributed by atoms with van der Waals surface area (Å²) in [4.78, 5) is 20.2. The molecule has 5 heterocycles. The number of para-hydroxylation sites is 2. The predicted octanol–water partition coefficient (Wildman–Crippen LogP) is 12.1. The van der Waals surface area contributed by atoms with Crippen molar-refractivity contribution < 1.29 is 0 Å². The van der Waals surface area contributed by atoms with Crippen LogP contribution in [0.25, 0.3) is 55.4 Å². The molecule has 0 amide bonds. The quantitative estimate of drug-likeness (QED) is 0.164. The number of hydrogen-bond acceptors (Lipinski definition) is 8. The second-order valence-corrected chi connectivity index (χ2v) is 17.8. The summed E-state index contributed by atoms with van der Waals surface area (Å²) in [5, 5.41) is 2.30. The van der Waals surface area contributed by atoms with E-state index in [1.807, 2.05) is 70.6 Å². The van der Waals surface area contributed by atoms with Gasteiger partial charge in [-0.25, -0.2) is 9.97 Å². The number of aromatic amines is 2. The van der Waals surface area contributed by atoms with Gasteiger partial charge in [-0.05, 0) is 48.6 Å². The molecule has 0 unspecified atom stereocenters. The molecular weight excluding hydrogens is 657 g/mol. The van der Waals surface area contributed by atoms with Crippen LogP contribution in [0, 0.1) is 0 Å². The Hall–Kier alpha value is -2.34. The van der Waals surface area contributed by atoms with Crippen molar-refractivity contribution in [2.45, 2.75) is 36.5 Å². The van der Waals surface area contributed by atoms with Crippen LogP contribution in [-0.2, 0) is 0 Å². The molecule has 0 radical (unpaired) electrons. The van der Waals surface area contributed by atoms with Crippen molar-refractivity contribution in [3.63, 3.8) is 0 Å². The molecule has 0 atom stereocenters. The fourth-order valence-corrected chi connectivity index (χ4v) is 13.9. The first-order valence-electron chi connectivity index (χ1n) is 14.6. The second kappa shape index (κ2) is 12.5. The van der Waals surface area contributed by atoms with Crippen molar-refractivity contribution in [2.75, 3.05) is 11.5 Å². The van der Waals surface area contributed by atoms with Gasteiger partial charge in [0.25, 0.3) is 0 Å². The monoisotopic (exact) mass is 684 g/mol. The standard InChI is InChI=1S/C34H28N4S6/c1-3-13-39-31-32(40-14-4-2)44-34(43-31)33-41-27-15-25-26(16-28(27)42-33)38-30(22-18-36-24-12-8-6-10-20(22)24)29(37-25)21-17-35-23-11-7-5-9-19(21)23/h5-12,15-18,35-36H,3-4,13-14H2,1-2H3. The average molecular weight is 685 g/mol. The summed E-state index contributed by atoms with van der Waals surface area (Å²) in [5.74, 6) is 2.34. The molecule has 220 valence electrons. The fourth-order valence-electron chi connectivity index (χ4n) is 5.36. The zero-order chi connectivity index (χ0) is 29.6. The number of nitrogens with zero attached hydrogens (tertiary/aromatic N) is 2. The van der Waals surface area contributed by atoms with Crippen LogP contribution in [0.5, 0.6) is 0 Å². The summed E-state index contributed by atoms with van der Waals surface area (Å²) in [6.45, 7) is 4.52. The van der Waals surface area contributed by atoms with Gasteiger partial charge in [-0.3, -0.25) is 0 Å². The molecule has 8 rings (SSSR count). The van der Waals surface area contributed by atoms with Gasteiger partial charge in [0.2, 0.25) is 0 Å². The Kier molecular flexibility index (Phi) is 8.23. The summed E-state index contributed by atoms with van der Waals surface area (Å²) in [7, 11) is 0. The van der Waals surface area contributed by atoms with E-state index >= 15 is 0 Å². The fraction of sp³-hybridized carbons (Fsp3) is 0.176. The summed E-state index contributed by atoms with van der Waals surface area (Å²) in [6, 6.07) is 21.3. The molecule has 0 fully saturated rings. The lowest BCUT2D eigenvalue weighted by Gasteiger charge is -2.10. The van der Waals surface area contributed by atoms with Gasteiger partial charge in [-0.1, -0.05) is 97.3 Å². The van der Waals surface area contributed by atoms with E-state index in [0.717, 1.165) is 55.4 Å². The zero-order valence-electron chi connectivity index (χ0n) is 24.1. The van der Waals surface area contributed by atoms with Crippen LogP contribution < -0.4 is 0 Å². The SMILES string of the molecule is CCCSC1=C(SCCC)SC(=C2Sc3cc4nc(-c5c[nH]c6ccccc56)c(-c5c[nH]c6ccccc56)nc4cc3S2)S1. The smallest absolute Gasteiger partial charge is 0.0995 e. The molecule has 2 aliphatic heterocycles. The number of thioether (sulfide) groups is 6. The first-order chi connectivity index (χ1) is 21.7. The summed E-state index contributed by atoms with van der Waals surface area (Å²) in [5.41, 5.74) is 7.98. The molecule has 3 aromatic heterocycles. The lowest BCUT2D eigenvalue weighted by Crippen LogP contribution is -1.95. The van der Waals surface area contributed by atoms with E-state index in [9.17, 15) is 0 Å². The van der Waals surface area contributed by atoms with Crippen LogP contribution >= 0.6 is 70.6 Å². The molecule has 3 aromatic carbocycles. The number of H-pyrrole nitrogens is 2. The molecule has 0 spiro atoms. The van der Waals surface area contributed by atoms with Crippen LogP contribution in [0.3, 0.4) is 0 Å². The molecule has 2 N–H and O–H groups in total. The molecule has 10 heteroatoms. The highest BCUT2D eigenvalue weighted by atomic mass is 32.3. The molecule has 2 aliphatic rings. The van der Waals surface area contributed by atoms with Crippen LogP contribution in [-0.4, -0.2) is 31.4 Å². The van der Waals surface area contributed by atoms with Crippen molar-refractivity contribution in [3.05, 3.63) is 90.0 Å². The Balaban J connectivity index is 1.22. The average Bonchev–Trinajstić information content (AvgIpc) is 3.85. The molecule has 4 nitrogen and oxygen atoms in total. The summed E-state index contributed by atoms with van der Waals surface area (Å²) in [6.07, 6.45) is 6.53. The van der Waals surface area contributed by atoms with Gasteiger partial charge in [0.05, 0.1) is 39.4 Å². The third kappa shape index (κ3) is 5.31. The van der Waals surface area contributed by atoms with E-state index in [1.165, 1.54) is 51.1 Å². The Morgan fingerprint density at radius 1 is 0.614 bits per heavy atom. The van der Waals surface area contributed by atoms with Crippen LogP contribution in [0.2, 0.25) is 0 Å².